The maximum absolute atomic E-state index is 13.9. The summed E-state index contributed by atoms with van der Waals surface area (Å²) in [6.45, 7) is 26.4. The van der Waals surface area contributed by atoms with Crippen molar-refractivity contribution in [2.45, 2.75) is 65.3 Å². The van der Waals surface area contributed by atoms with E-state index in [-0.39, 0.29) is 11.1 Å². The van der Waals surface area contributed by atoms with Crippen LogP contribution < -0.4 is 0 Å². The SMILES string of the molecule is C=C(C)C(=O)OC1(OC(=O)C(=C)C)CCOC(=O)C(OC(=O)C(=C)C)(OC(=O)C(=C)C)C1(OC(=O)C(=C)C)OC(=O)C(=C)C. The number of rotatable bonds is 12. The summed E-state index contributed by atoms with van der Waals surface area (Å²) in [5.41, 5.74) is -2.51. The second-order valence-electron chi connectivity index (χ2n) is 9.89. The first-order valence-electron chi connectivity index (χ1n) is 12.6. The molecule has 0 aromatic rings. The molecule has 0 saturated carbocycles. The van der Waals surface area contributed by atoms with Crippen molar-refractivity contribution in [2.75, 3.05) is 6.61 Å². The van der Waals surface area contributed by atoms with Gasteiger partial charge in [0.15, 0.2) is 0 Å². The molecule has 14 heteroatoms. The van der Waals surface area contributed by atoms with Crippen molar-refractivity contribution in [3.63, 3.8) is 0 Å². The predicted molar refractivity (Wildman–Crippen MR) is 149 cm³/mol. The molecule has 0 spiro atoms. The number of hydrogen-bond donors (Lipinski definition) is 0. The first-order valence-corrected chi connectivity index (χ1v) is 12.6. The van der Waals surface area contributed by atoms with Crippen LogP contribution in [0.25, 0.3) is 0 Å². The highest BCUT2D eigenvalue weighted by atomic mass is 16.9. The van der Waals surface area contributed by atoms with Gasteiger partial charge < -0.3 is 33.2 Å². The van der Waals surface area contributed by atoms with Gasteiger partial charge >= 0.3 is 59.1 Å². The fraction of sp³-hybridized carbons (Fsp3) is 0.367. The van der Waals surface area contributed by atoms with Gasteiger partial charge in [0.2, 0.25) is 0 Å². The van der Waals surface area contributed by atoms with Gasteiger partial charge in [0.25, 0.3) is 0 Å². The van der Waals surface area contributed by atoms with Gasteiger partial charge in [0.1, 0.15) is 0 Å². The van der Waals surface area contributed by atoms with E-state index in [9.17, 15) is 33.6 Å². The lowest BCUT2D eigenvalue weighted by molar-refractivity contribution is -0.430. The van der Waals surface area contributed by atoms with Crippen molar-refractivity contribution in [2.24, 2.45) is 0 Å². The Morgan fingerprint density at radius 1 is 0.523 bits per heavy atom. The highest BCUT2D eigenvalue weighted by Gasteiger charge is 2.85. The smallest absolute Gasteiger partial charge is 0.445 e. The zero-order valence-corrected chi connectivity index (χ0v) is 25.4. The number of esters is 7. The summed E-state index contributed by atoms with van der Waals surface area (Å²) < 4.78 is 37.9. The first-order chi connectivity index (χ1) is 20.1. The average Bonchev–Trinajstić information content (AvgIpc) is 2.97. The molecule has 1 rings (SSSR count). The lowest BCUT2D eigenvalue weighted by atomic mass is 9.91. The summed E-state index contributed by atoms with van der Waals surface area (Å²) >= 11 is 0. The Morgan fingerprint density at radius 2 is 0.795 bits per heavy atom. The van der Waals surface area contributed by atoms with E-state index in [1.165, 1.54) is 0 Å². The van der Waals surface area contributed by atoms with Crippen molar-refractivity contribution in [1.82, 2.24) is 0 Å². The second kappa shape index (κ2) is 13.8. The largest absolute Gasteiger partial charge is 0.459 e. The molecular formula is C30H34O14. The summed E-state index contributed by atoms with van der Waals surface area (Å²) in [5.74, 6) is -21.9. The highest BCUT2D eigenvalue weighted by Crippen LogP contribution is 2.50. The van der Waals surface area contributed by atoms with Gasteiger partial charge in [-0.25, -0.2) is 33.6 Å². The van der Waals surface area contributed by atoms with E-state index in [1.54, 1.807) is 0 Å². The number of carbonyl (C=O) groups is 7. The molecule has 0 aromatic carbocycles. The Labute approximate surface area is 253 Å². The molecule has 0 N–H and O–H groups in total. The normalized spacial score (nSPS) is 15.8. The highest BCUT2D eigenvalue weighted by molar-refractivity contribution is 5.97. The van der Waals surface area contributed by atoms with E-state index in [1.807, 2.05) is 0 Å². The van der Waals surface area contributed by atoms with Gasteiger partial charge in [-0.05, 0) is 41.5 Å². The van der Waals surface area contributed by atoms with Crippen molar-refractivity contribution in [3.8, 4) is 0 Å². The minimum absolute atomic E-state index is 0.359. The van der Waals surface area contributed by atoms with Gasteiger partial charge in [0.05, 0.1) is 13.0 Å². The van der Waals surface area contributed by atoms with E-state index in [4.69, 9.17) is 33.2 Å². The molecular weight excluding hydrogens is 584 g/mol. The third-order valence-electron chi connectivity index (χ3n) is 5.42. The van der Waals surface area contributed by atoms with Crippen LogP contribution in [-0.2, 0) is 66.7 Å². The maximum atomic E-state index is 13.9. The van der Waals surface area contributed by atoms with Crippen molar-refractivity contribution in [1.29, 1.82) is 0 Å². The number of cyclic esters (lactones) is 1. The summed E-state index contributed by atoms with van der Waals surface area (Å²) in [5, 5.41) is 0. The van der Waals surface area contributed by atoms with E-state index in [0.29, 0.717) is 0 Å². The fourth-order valence-electron chi connectivity index (χ4n) is 3.07. The average molecular weight is 619 g/mol. The molecule has 1 fully saturated rings. The Morgan fingerprint density at radius 3 is 1.09 bits per heavy atom. The van der Waals surface area contributed by atoms with Crippen LogP contribution in [-0.4, -0.2) is 65.8 Å². The second-order valence-corrected chi connectivity index (χ2v) is 9.89. The van der Waals surface area contributed by atoms with Gasteiger partial charge in [-0.2, -0.15) is 0 Å². The van der Waals surface area contributed by atoms with Gasteiger partial charge in [-0.15, -0.1) is 0 Å². The van der Waals surface area contributed by atoms with Crippen molar-refractivity contribution >= 4 is 41.8 Å². The summed E-state index contributed by atoms with van der Waals surface area (Å²) in [6, 6.07) is 0. The molecule has 0 radical (unpaired) electrons. The molecule has 0 atom stereocenters. The molecule has 0 bridgehead atoms. The maximum Gasteiger partial charge on any atom is 0.445 e. The summed E-state index contributed by atoms with van der Waals surface area (Å²) in [4.78, 5) is 93.1. The molecule has 0 unspecified atom stereocenters. The summed E-state index contributed by atoms with van der Waals surface area (Å²) in [7, 11) is 0. The third-order valence-corrected chi connectivity index (χ3v) is 5.42. The van der Waals surface area contributed by atoms with Gasteiger partial charge in [-0.3, -0.25) is 0 Å². The molecule has 238 valence electrons. The minimum Gasteiger partial charge on any atom is -0.459 e. The molecule has 1 heterocycles. The van der Waals surface area contributed by atoms with Crippen LogP contribution in [0.5, 0.6) is 0 Å². The van der Waals surface area contributed by atoms with Crippen LogP contribution in [0.3, 0.4) is 0 Å². The molecule has 1 aliphatic heterocycles. The number of hydrogen-bond acceptors (Lipinski definition) is 14. The number of carbonyl (C=O) groups excluding carboxylic acids is 7. The Bertz CT molecular complexity index is 1310. The lowest BCUT2D eigenvalue weighted by Crippen LogP contribution is -2.77. The van der Waals surface area contributed by atoms with E-state index in [0.717, 1.165) is 41.5 Å². The molecule has 1 saturated heterocycles. The molecule has 0 aliphatic carbocycles. The summed E-state index contributed by atoms with van der Waals surface area (Å²) in [6.07, 6.45) is -0.999. The zero-order chi connectivity index (χ0) is 34.4. The van der Waals surface area contributed by atoms with Crippen LogP contribution in [0.4, 0.5) is 0 Å². The molecule has 44 heavy (non-hydrogen) atoms. The Balaban J connectivity index is 4.76. The lowest BCUT2D eigenvalue weighted by Gasteiger charge is -2.49. The van der Waals surface area contributed by atoms with E-state index < -0.39 is 94.5 Å². The minimum atomic E-state index is -3.91. The topological polar surface area (TPSA) is 184 Å². The van der Waals surface area contributed by atoms with Crippen LogP contribution in [0, 0.1) is 0 Å². The van der Waals surface area contributed by atoms with E-state index in [2.05, 4.69) is 39.5 Å². The quantitative estimate of drug-likeness (QED) is 0.135. The third kappa shape index (κ3) is 7.38. The molecule has 1 aliphatic rings. The molecule has 0 aromatic heterocycles. The van der Waals surface area contributed by atoms with Crippen LogP contribution in [0.2, 0.25) is 0 Å². The van der Waals surface area contributed by atoms with Crippen LogP contribution in [0.15, 0.2) is 72.9 Å². The van der Waals surface area contributed by atoms with E-state index >= 15 is 0 Å². The Kier molecular flexibility index (Phi) is 11.5. The first kappa shape index (κ1) is 36.8. The van der Waals surface area contributed by atoms with Crippen LogP contribution in [0.1, 0.15) is 48.0 Å². The van der Waals surface area contributed by atoms with Crippen molar-refractivity contribution < 1.29 is 66.7 Å². The van der Waals surface area contributed by atoms with Crippen LogP contribution >= 0.6 is 0 Å². The molecule has 14 nitrogen and oxygen atoms in total. The molecule has 0 amide bonds. The van der Waals surface area contributed by atoms with Crippen molar-refractivity contribution in [3.05, 3.63) is 72.9 Å². The predicted octanol–water partition coefficient (Wildman–Crippen LogP) is 2.74. The standard InChI is InChI=1S/C30H34O14/c1-15(2)21(31)39-28(40-22(32)16(3)4)13-14-38-27(37)29(41-23(33)17(5)6,42-24(34)18(7)8)30(28,43-25(35)19(9)10)44-26(36)20(11)12/h1,3,5,7,9,11,13-14H2,2,4,6,8,10,12H3. The number of ether oxygens (including phenoxy) is 7. The zero-order valence-electron chi connectivity index (χ0n) is 25.4. The monoisotopic (exact) mass is 618 g/mol. The van der Waals surface area contributed by atoms with Gasteiger partial charge in [-0.1, -0.05) is 39.5 Å². The fourth-order valence-corrected chi connectivity index (χ4v) is 3.07. The van der Waals surface area contributed by atoms with Gasteiger partial charge in [0, 0.05) is 33.4 Å². The Hall–Kier alpha value is -5.27.